The summed E-state index contributed by atoms with van der Waals surface area (Å²) in [6, 6.07) is 15.8. The van der Waals surface area contributed by atoms with Gasteiger partial charge >= 0.3 is 0 Å². The van der Waals surface area contributed by atoms with Gasteiger partial charge in [0.1, 0.15) is 0 Å². The molecule has 0 spiro atoms. The zero-order chi connectivity index (χ0) is 21.1. The van der Waals surface area contributed by atoms with E-state index in [2.05, 4.69) is 21.3 Å². The topological polar surface area (TPSA) is 54.5 Å². The van der Waals surface area contributed by atoms with Crippen molar-refractivity contribution in [3.8, 4) is 0 Å². The van der Waals surface area contributed by atoms with E-state index in [0.29, 0.717) is 30.3 Å². The maximum absolute atomic E-state index is 13.1. The zero-order valence-electron chi connectivity index (χ0n) is 17.3. The summed E-state index contributed by atoms with van der Waals surface area (Å²) >= 11 is 6.50. The van der Waals surface area contributed by atoms with Crippen LogP contribution in [0.4, 0.5) is 0 Å². The summed E-state index contributed by atoms with van der Waals surface area (Å²) in [4.78, 5) is 20.0. The van der Waals surface area contributed by atoms with Gasteiger partial charge < -0.3 is 10.1 Å². The van der Waals surface area contributed by atoms with Crippen LogP contribution in [-0.2, 0) is 4.74 Å². The van der Waals surface area contributed by atoms with Gasteiger partial charge in [-0.05, 0) is 43.7 Å². The molecule has 2 aromatic carbocycles. The Labute approximate surface area is 182 Å². The van der Waals surface area contributed by atoms with Gasteiger partial charge in [0, 0.05) is 30.0 Å². The van der Waals surface area contributed by atoms with E-state index in [1.54, 1.807) is 0 Å². The molecule has 1 fully saturated rings. The molecule has 0 bridgehead atoms. The first-order chi connectivity index (χ1) is 14.5. The van der Waals surface area contributed by atoms with E-state index < -0.39 is 0 Å². The average Bonchev–Trinajstić information content (AvgIpc) is 2.75. The molecule has 1 aliphatic heterocycles. The molecule has 1 unspecified atom stereocenters. The molecule has 3 aromatic rings. The lowest BCUT2D eigenvalue weighted by atomic mass is 10.0. The smallest absolute Gasteiger partial charge is 0.253 e. The first kappa shape index (κ1) is 20.8. The number of nitrogens with zero attached hydrogens (tertiary/aromatic N) is 2. The number of fused-ring (bicyclic) bond motifs is 1. The summed E-state index contributed by atoms with van der Waals surface area (Å²) < 4.78 is 5.51. The average molecular weight is 424 g/mol. The second kappa shape index (κ2) is 9.13. The van der Waals surface area contributed by atoms with Crippen LogP contribution in [0.5, 0.6) is 0 Å². The van der Waals surface area contributed by atoms with Gasteiger partial charge in [-0.1, -0.05) is 41.4 Å². The number of carbonyl (C=O) groups is 1. The van der Waals surface area contributed by atoms with Gasteiger partial charge in [0.2, 0.25) is 0 Å². The molecular weight excluding hydrogens is 398 g/mol. The molecule has 0 aliphatic carbocycles. The fraction of sp³-hybridized carbons (Fsp3) is 0.333. The third-order valence-electron chi connectivity index (χ3n) is 5.61. The van der Waals surface area contributed by atoms with Crippen molar-refractivity contribution in [3.05, 3.63) is 75.9 Å². The Hall–Kier alpha value is -2.47. The third-order valence-corrected chi connectivity index (χ3v) is 5.96. The fourth-order valence-corrected chi connectivity index (χ4v) is 4.24. The van der Waals surface area contributed by atoms with E-state index in [1.165, 1.54) is 0 Å². The normalized spacial score (nSPS) is 15.8. The van der Waals surface area contributed by atoms with E-state index in [1.807, 2.05) is 56.3 Å². The Bertz CT molecular complexity index is 1060. The molecule has 1 aromatic heterocycles. The Morgan fingerprint density at radius 2 is 1.93 bits per heavy atom. The first-order valence-corrected chi connectivity index (χ1v) is 10.6. The third kappa shape index (κ3) is 4.48. The number of ether oxygens (including phenoxy) is 1. The highest BCUT2D eigenvalue weighted by Gasteiger charge is 2.25. The van der Waals surface area contributed by atoms with Gasteiger partial charge in [-0.25, -0.2) is 0 Å². The van der Waals surface area contributed by atoms with Crippen LogP contribution in [0.3, 0.4) is 0 Å². The first-order valence-electron chi connectivity index (χ1n) is 10.3. The number of benzene rings is 2. The number of hydrogen-bond donors (Lipinski definition) is 1. The van der Waals surface area contributed by atoms with Gasteiger partial charge in [0.15, 0.2) is 0 Å². The Balaban J connectivity index is 1.57. The molecule has 156 valence electrons. The number of nitrogens with one attached hydrogen (secondary N) is 1. The molecule has 5 nitrogen and oxygen atoms in total. The van der Waals surface area contributed by atoms with Crippen molar-refractivity contribution < 1.29 is 9.53 Å². The minimum atomic E-state index is -0.117. The number of rotatable bonds is 5. The maximum Gasteiger partial charge on any atom is 0.253 e. The number of aryl methyl sites for hydroxylation is 2. The standard InChI is InChI=1S/C24H26ClN3O2/c1-16-7-8-22-18(13-16)14-20(17(2)27-22)24(29)26-15-23(28-9-11-30-12-10-28)19-5-3-4-6-21(19)25/h3-8,13-14,23H,9-12,15H2,1-2H3,(H,26,29). The summed E-state index contributed by atoms with van der Waals surface area (Å²) in [5, 5.41) is 4.81. The number of aromatic nitrogens is 1. The summed E-state index contributed by atoms with van der Waals surface area (Å²) in [5.41, 5.74) is 4.39. The van der Waals surface area contributed by atoms with Crippen LogP contribution >= 0.6 is 11.6 Å². The monoisotopic (exact) mass is 423 g/mol. The molecular formula is C24H26ClN3O2. The maximum atomic E-state index is 13.1. The number of carbonyl (C=O) groups excluding carboxylic acids is 1. The van der Waals surface area contributed by atoms with E-state index in [9.17, 15) is 4.79 Å². The van der Waals surface area contributed by atoms with Crippen LogP contribution in [0.25, 0.3) is 10.9 Å². The molecule has 1 amide bonds. The fourth-order valence-electron chi connectivity index (χ4n) is 3.98. The molecule has 4 rings (SSSR count). The minimum Gasteiger partial charge on any atom is -0.379 e. The summed E-state index contributed by atoms with van der Waals surface area (Å²) in [7, 11) is 0. The van der Waals surface area contributed by atoms with Crippen LogP contribution in [0.1, 0.15) is 33.2 Å². The van der Waals surface area contributed by atoms with Gasteiger partial charge in [-0.2, -0.15) is 0 Å². The van der Waals surface area contributed by atoms with Crippen molar-refractivity contribution in [2.45, 2.75) is 19.9 Å². The molecule has 1 aliphatic rings. The van der Waals surface area contributed by atoms with Crippen molar-refractivity contribution in [1.29, 1.82) is 0 Å². The highest BCUT2D eigenvalue weighted by Crippen LogP contribution is 2.28. The molecule has 2 heterocycles. The number of hydrogen-bond acceptors (Lipinski definition) is 4. The number of amides is 1. The number of morpholine rings is 1. The van der Waals surface area contributed by atoms with Gasteiger partial charge in [0.25, 0.3) is 5.91 Å². The van der Waals surface area contributed by atoms with E-state index in [-0.39, 0.29) is 11.9 Å². The Morgan fingerprint density at radius 3 is 2.70 bits per heavy atom. The molecule has 1 atom stereocenters. The van der Waals surface area contributed by atoms with E-state index in [4.69, 9.17) is 16.3 Å². The summed E-state index contributed by atoms with van der Waals surface area (Å²) in [5.74, 6) is -0.117. The number of pyridine rings is 1. The molecule has 6 heteroatoms. The lowest BCUT2D eigenvalue weighted by Crippen LogP contribution is -2.44. The minimum absolute atomic E-state index is 0.0116. The van der Waals surface area contributed by atoms with E-state index >= 15 is 0 Å². The van der Waals surface area contributed by atoms with Crippen molar-refractivity contribution in [2.75, 3.05) is 32.8 Å². The molecule has 1 saturated heterocycles. The highest BCUT2D eigenvalue weighted by molar-refractivity contribution is 6.31. The Kier molecular flexibility index (Phi) is 6.32. The zero-order valence-corrected chi connectivity index (χ0v) is 18.1. The van der Waals surface area contributed by atoms with Gasteiger partial charge in [-0.15, -0.1) is 0 Å². The lowest BCUT2D eigenvalue weighted by molar-refractivity contribution is 0.0162. The van der Waals surface area contributed by atoms with Crippen LogP contribution in [-0.4, -0.2) is 48.6 Å². The largest absolute Gasteiger partial charge is 0.379 e. The molecule has 0 saturated carbocycles. The SMILES string of the molecule is Cc1ccc2nc(C)c(C(=O)NCC(c3ccccc3Cl)N3CCOCC3)cc2c1. The van der Waals surface area contributed by atoms with Crippen LogP contribution in [0.2, 0.25) is 5.02 Å². The van der Waals surface area contributed by atoms with Crippen molar-refractivity contribution in [3.63, 3.8) is 0 Å². The predicted octanol–water partition coefficient (Wildman–Crippen LogP) is 4.31. The Morgan fingerprint density at radius 1 is 1.17 bits per heavy atom. The van der Waals surface area contributed by atoms with Crippen LogP contribution < -0.4 is 5.32 Å². The second-order valence-electron chi connectivity index (χ2n) is 7.71. The van der Waals surface area contributed by atoms with Crippen LogP contribution in [0.15, 0.2) is 48.5 Å². The summed E-state index contributed by atoms with van der Waals surface area (Å²) in [6.45, 7) is 7.36. The van der Waals surface area contributed by atoms with Crippen molar-refractivity contribution in [1.82, 2.24) is 15.2 Å². The lowest BCUT2D eigenvalue weighted by Gasteiger charge is -2.35. The van der Waals surface area contributed by atoms with Crippen LogP contribution in [0, 0.1) is 13.8 Å². The van der Waals surface area contributed by atoms with Gasteiger partial charge in [0.05, 0.1) is 36.0 Å². The molecule has 30 heavy (non-hydrogen) atoms. The van der Waals surface area contributed by atoms with Crippen molar-refractivity contribution in [2.24, 2.45) is 0 Å². The number of halogens is 1. The molecule has 0 radical (unpaired) electrons. The van der Waals surface area contributed by atoms with Crippen molar-refractivity contribution >= 4 is 28.4 Å². The second-order valence-corrected chi connectivity index (χ2v) is 8.12. The highest BCUT2D eigenvalue weighted by atomic mass is 35.5. The predicted molar refractivity (Wildman–Crippen MR) is 120 cm³/mol. The van der Waals surface area contributed by atoms with Gasteiger partial charge in [-0.3, -0.25) is 14.7 Å². The van der Waals surface area contributed by atoms with E-state index in [0.717, 1.165) is 40.8 Å². The molecule has 1 N–H and O–H groups in total. The summed E-state index contributed by atoms with van der Waals surface area (Å²) in [6.07, 6.45) is 0. The quantitative estimate of drug-likeness (QED) is 0.664.